The zero-order valence-electron chi connectivity index (χ0n) is 12.5. The van der Waals surface area contributed by atoms with Gasteiger partial charge in [-0.1, -0.05) is 13.0 Å². The lowest BCUT2D eigenvalue weighted by Gasteiger charge is -2.47. The molecular weight excluding hydrogens is 252 g/mol. The minimum absolute atomic E-state index is 0.00903. The molecule has 0 saturated carbocycles. The molecule has 0 bridgehead atoms. The van der Waals surface area contributed by atoms with Crippen LogP contribution in [-0.2, 0) is 4.79 Å². The highest BCUT2D eigenvalue weighted by molar-refractivity contribution is 5.86. The molecule has 1 saturated heterocycles. The fraction of sp³-hybridized carbons (Fsp3) is 0.600. The van der Waals surface area contributed by atoms with Crippen LogP contribution in [0.2, 0.25) is 0 Å². The third-order valence-corrected chi connectivity index (χ3v) is 4.15. The molecule has 2 unspecified atom stereocenters. The molecule has 1 fully saturated rings. The number of carbonyl (C=O) groups is 1. The monoisotopic (exact) mass is 276 g/mol. The van der Waals surface area contributed by atoms with Crippen molar-refractivity contribution in [3.05, 3.63) is 30.1 Å². The molecule has 0 aromatic carbocycles. The first-order valence-electron chi connectivity index (χ1n) is 7.19. The van der Waals surface area contributed by atoms with Crippen molar-refractivity contribution >= 4 is 5.91 Å². The summed E-state index contributed by atoms with van der Waals surface area (Å²) in [4.78, 5) is 18.6. The standard InChI is InChI=1S/C15H24N4O/c1-4-12(16)13(11-6-5-7-17-10-11)19-9-8-18-14(20)15(19,2)3/h5-7,10,12-13H,4,8-9,16H2,1-3H3,(H,18,20). The zero-order valence-corrected chi connectivity index (χ0v) is 12.5. The Kier molecular flexibility index (Phi) is 4.40. The topological polar surface area (TPSA) is 71.2 Å². The van der Waals surface area contributed by atoms with Gasteiger partial charge in [0, 0.05) is 31.5 Å². The number of hydrogen-bond donors (Lipinski definition) is 2. The maximum atomic E-state index is 12.2. The summed E-state index contributed by atoms with van der Waals surface area (Å²) >= 11 is 0. The molecule has 2 heterocycles. The van der Waals surface area contributed by atoms with Gasteiger partial charge in [0.1, 0.15) is 0 Å². The van der Waals surface area contributed by atoms with Gasteiger partial charge in [-0.3, -0.25) is 14.7 Å². The van der Waals surface area contributed by atoms with Gasteiger partial charge in [0.05, 0.1) is 11.6 Å². The molecule has 2 rings (SSSR count). The van der Waals surface area contributed by atoms with Gasteiger partial charge < -0.3 is 11.1 Å². The third-order valence-electron chi connectivity index (χ3n) is 4.15. The molecule has 5 nitrogen and oxygen atoms in total. The molecule has 2 atom stereocenters. The number of aromatic nitrogens is 1. The Morgan fingerprint density at radius 1 is 1.55 bits per heavy atom. The number of nitrogens with two attached hydrogens (primary N) is 1. The quantitative estimate of drug-likeness (QED) is 0.863. The second-order valence-electron chi connectivity index (χ2n) is 5.81. The lowest BCUT2D eigenvalue weighted by molar-refractivity contribution is -0.137. The van der Waals surface area contributed by atoms with Crippen LogP contribution in [0.5, 0.6) is 0 Å². The molecule has 0 aliphatic carbocycles. The predicted octanol–water partition coefficient (Wildman–Crippen LogP) is 1.07. The van der Waals surface area contributed by atoms with Crippen molar-refractivity contribution in [2.75, 3.05) is 13.1 Å². The highest BCUT2D eigenvalue weighted by Crippen LogP contribution is 2.32. The molecule has 1 aliphatic heterocycles. The predicted molar refractivity (Wildman–Crippen MR) is 79.0 cm³/mol. The van der Waals surface area contributed by atoms with E-state index in [4.69, 9.17) is 5.73 Å². The lowest BCUT2D eigenvalue weighted by atomic mass is 9.89. The lowest BCUT2D eigenvalue weighted by Crippen LogP contribution is -2.64. The number of rotatable bonds is 4. The summed E-state index contributed by atoms with van der Waals surface area (Å²) in [5, 5.41) is 2.93. The number of amides is 1. The minimum Gasteiger partial charge on any atom is -0.353 e. The normalized spacial score (nSPS) is 22.1. The summed E-state index contributed by atoms with van der Waals surface area (Å²) in [6.07, 6.45) is 4.46. The molecule has 1 aliphatic rings. The first-order chi connectivity index (χ1) is 9.48. The van der Waals surface area contributed by atoms with Crippen LogP contribution in [0.3, 0.4) is 0 Å². The number of nitrogens with one attached hydrogen (secondary N) is 1. The maximum absolute atomic E-state index is 12.2. The van der Waals surface area contributed by atoms with Gasteiger partial charge in [0.15, 0.2) is 0 Å². The number of carbonyl (C=O) groups excluding carboxylic acids is 1. The summed E-state index contributed by atoms with van der Waals surface area (Å²) < 4.78 is 0. The van der Waals surface area contributed by atoms with Crippen molar-refractivity contribution in [1.29, 1.82) is 0 Å². The zero-order chi connectivity index (χ0) is 14.8. The Labute approximate surface area is 120 Å². The van der Waals surface area contributed by atoms with Crippen LogP contribution < -0.4 is 11.1 Å². The second-order valence-corrected chi connectivity index (χ2v) is 5.81. The fourth-order valence-corrected chi connectivity index (χ4v) is 2.84. The summed E-state index contributed by atoms with van der Waals surface area (Å²) in [5.41, 5.74) is 6.86. The van der Waals surface area contributed by atoms with E-state index in [1.165, 1.54) is 0 Å². The van der Waals surface area contributed by atoms with Crippen molar-refractivity contribution in [2.45, 2.75) is 44.8 Å². The molecule has 5 heteroatoms. The first-order valence-corrected chi connectivity index (χ1v) is 7.19. The molecule has 20 heavy (non-hydrogen) atoms. The highest BCUT2D eigenvalue weighted by Gasteiger charge is 2.43. The largest absolute Gasteiger partial charge is 0.353 e. The van der Waals surface area contributed by atoms with Crippen molar-refractivity contribution < 1.29 is 4.79 Å². The number of nitrogens with zero attached hydrogens (tertiary/aromatic N) is 2. The average Bonchev–Trinajstić information content (AvgIpc) is 2.45. The molecule has 110 valence electrons. The van der Waals surface area contributed by atoms with Crippen LogP contribution in [0, 0.1) is 0 Å². The van der Waals surface area contributed by atoms with Crippen LogP contribution >= 0.6 is 0 Å². The summed E-state index contributed by atoms with van der Waals surface area (Å²) in [6.45, 7) is 7.44. The van der Waals surface area contributed by atoms with E-state index < -0.39 is 5.54 Å². The second kappa shape index (κ2) is 5.89. The van der Waals surface area contributed by atoms with Crippen molar-refractivity contribution in [2.24, 2.45) is 5.73 Å². The van der Waals surface area contributed by atoms with Gasteiger partial charge in [-0.15, -0.1) is 0 Å². The maximum Gasteiger partial charge on any atom is 0.240 e. The molecule has 1 aromatic rings. The van der Waals surface area contributed by atoms with E-state index in [1.807, 2.05) is 32.2 Å². The van der Waals surface area contributed by atoms with Gasteiger partial charge in [-0.2, -0.15) is 0 Å². The summed E-state index contributed by atoms with van der Waals surface area (Å²) in [7, 11) is 0. The van der Waals surface area contributed by atoms with Crippen molar-refractivity contribution in [3.63, 3.8) is 0 Å². The van der Waals surface area contributed by atoms with Crippen molar-refractivity contribution in [3.8, 4) is 0 Å². The Balaban J connectivity index is 2.39. The number of piperazine rings is 1. The Bertz CT molecular complexity index is 460. The molecule has 3 N–H and O–H groups in total. The minimum atomic E-state index is -0.564. The highest BCUT2D eigenvalue weighted by atomic mass is 16.2. The van der Waals surface area contributed by atoms with Gasteiger partial charge >= 0.3 is 0 Å². The van der Waals surface area contributed by atoms with E-state index in [-0.39, 0.29) is 18.0 Å². The van der Waals surface area contributed by atoms with Gasteiger partial charge in [-0.25, -0.2) is 0 Å². The molecule has 1 amide bonds. The van der Waals surface area contributed by atoms with Gasteiger partial charge in [-0.05, 0) is 31.9 Å². The van der Waals surface area contributed by atoms with E-state index in [2.05, 4.69) is 22.1 Å². The number of pyridine rings is 1. The summed E-state index contributed by atoms with van der Waals surface area (Å²) in [6, 6.07) is 3.94. The molecule has 0 spiro atoms. The molecular formula is C15H24N4O. The van der Waals surface area contributed by atoms with E-state index in [0.29, 0.717) is 6.54 Å². The van der Waals surface area contributed by atoms with Crippen LogP contribution in [0.25, 0.3) is 0 Å². The first kappa shape index (κ1) is 14.9. The van der Waals surface area contributed by atoms with Crippen LogP contribution in [0.4, 0.5) is 0 Å². The average molecular weight is 276 g/mol. The Morgan fingerprint density at radius 3 is 2.90 bits per heavy atom. The smallest absolute Gasteiger partial charge is 0.240 e. The summed E-state index contributed by atoms with van der Waals surface area (Å²) in [5.74, 6) is 0.0564. The third kappa shape index (κ3) is 2.69. The number of hydrogen-bond acceptors (Lipinski definition) is 4. The van der Waals surface area contributed by atoms with Crippen LogP contribution in [0.15, 0.2) is 24.5 Å². The van der Waals surface area contributed by atoms with Gasteiger partial charge in [0.25, 0.3) is 0 Å². The Morgan fingerprint density at radius 2 is 2.30 bits per heavy atom. The van der Waals surface area contributed by atoms with Crippen LogP contribution in [0.1, 0.15) is 38.8 Å². The van der Waals surface area contributed by atoms with E-state index in [0.717, 1.165) is 18.5 Å². The molecule has 1 aromatic heterocycles. The van der Waals surface area contributed by atoms with E-state index >= 15 is 0 Å². The van der Waals surface area contributed by atoms with E-state index in [1.54, 1.807) is 6.20 Å². The van der Waals surface area contributed by atoms with Gasteiger partial charge in [0.2, 0.25) is 5.91 Å². The van der Waals surface area contributed by atoms with Crippen LogP contribution in [-0.4, -0.2) is 40.5 Å². The van der Waals surface area contributed by atoms with E-state index in [9.17, 15) is 4.79 Å². The van der Waals surface area contributed by atoms with Crippen molar-refractivity contribution in [1.82, 2.24) is 15.2 Å². The SMILES string of the molecule is CCC(N)C(c1cccnc1)N1CCNC(=O)C1(C)C. The molecule has 0 radical (unpaired) electrons. The Hall–Kier alpha value is -1.46. The fourth-order valence-electron chi connectivity index (χ4n) is 2.84.